The summed E-state index contributed by atoms with van der Waals surface area (Å²) in [6, 6.07) is 9.19. The van der Waals surface area contributed by atoms with Crippen molar-refractivity contribution in [3.8, 4) is 0 Å². The summed E-state index contributed by atoms with van der Waals surface area (Å²) in [4.78, 5) is 2.53. The van der Waals surface area contributed by atoms with Gasteiger partial charge < -0.3 is 5.73 Å². The van der Waals surface area contributed by atoms with Gasteiger partial charge in [0.2, 0.25) is 0 Å². The van der Waals surface area contributed by atoms with E-state index in [1.54, 1.807) is 0 Å². The van der Waals surface area contributed by atoms with Crippen LogP contribution in [0.25, 0.3) is 0 Å². The van der Waals surface area contributed by atoms with Crippen LogP contribution in [0.2, 0.25) is 5.02 Å². The van der Waals surface area contributed by atoms with Gasteiger partial charge >= 0.3 is 0 Å². The average Bonchev–Trinajstić information content (AvgIpc) is 2.69. The summed E-state index contributed by atoms with van der Waals surface area (Å²) < 4.78 is 0. The van der Waals surface area contributed by atoms with Crippen molar-refractivity contribution >= 4 is 11.6 Å². The van der Waals surface area contributed by atoms with Crippen LogP contribution in [-0.2, 0) is 0 Å². The Balaban J connectivity index is 2.12. The summed E-state index contributed by atoms with van der Waals surface area (Å²) >= 11 is 6.05. The molecule has 1 heterocycles. The predicted molar refractivity (Wildman–Crippen MR) is 73.2 cm³/mol. The van der Waals surface area contributed by atoms with Gasteiger partial charge in [0.15, 0.2) is 0 Å². The number of rotatable bonds is 3. The van der Waals surface area contributed by atoms with Crippen LogP contribution in [0.4, 0.5) is 0 Å². The molecule has 0 aromatic heterocycles. The summed E-state index contributed by atoms with van der Waals surface area (Å²) in [5.41, 5.74) is 7.07. The largest absolute Gasteiger partial charge is 0.330 e. The Kier molecular flexibility index (Phi) is 4.08. The molecule has 3 heteroatoms. The molecule has 0 amide bonds. The highest BCUT2D eigenvalue weighted by atomic mass is 35.5. The quantitative estimate of drug-likeness (QED) is 0.896. The van der Waals surface area contributed by atoms with E-state index < -0.39 is 0 Å². The van der Waals surface area contributed by atoms with E-state index in [0.717, 1.165) is 18.1 Å². The third-order valence-electron chi connectivity index (χ3n) is 3.87. The highest BCUT2D eigenvalue weighted by Gasteiger charge is 2.31. The van der Waals surface area contributed by atoms with Gasteiger partial charge in [-0.05, 0) is 50.4 Å². The third-order valence-corrected chi connectivity index (χ3v) is 4.11. The number of benzene rings is 1. The molecule has 3 unspecified atom stereocenters. The zero-order chi connectivity index (χ0) is 12.4. The van der Waals surface area contributed by atoms with Gasteiger partial charge in [0.25, 0.3) is 0 Å². The molecule has 1 aliphatic heterocycles. The summed E-state index contributed by atoms with van der Waals surface area (Å²) in [5.74, 6) is 0.645. The van der Waals surface area contributed by atoms with Crippen molar-refractivity contribution in [3.63, 3.8) is 0 Å². The Morgan fingerprint density at radius 2 is 2.29 bits per heavy atom. The lowest BCUT2D eigenvalue weighted by Crippen LogP contribution is -2.30. The molecule has 94 valence electrons. The fraction of sp³-hybridized carbons (Fsp3) is 0.571. The third kappa shape index (κ3) is 2.82. The summed E-state index contributed by atoms with van der Waals surface area (Å²) in [6.45, 7) is 6.44. The van der Waals surface area contributed by atoms with Crippen LogP contribution in [0.3, 0.4) is 0 Å². The van der Waals surface area contributed by atoms with Crippen LogP contribution >= 0.6 is 11.6 Å². The van der Waals surface area contributed by atoms with E-state index in [2.05, 4.69) is 30.9 Å². The number of hydrogen-bond donors (Lipinski definition) is 1. The van der Waals surface area contributed by atoms with Crippen LogP contribution < -0.4 is 5.73 Å². The molecule has 2 nitrogen and oxygen atoms in total. The Hall–Kier alpha value is -0.570. The van der Waals surface area contributed by atoms with Crippen molar-refractivity contribution in [2.24, 2.45) is 11.7 Å². The Morgan fingerprint density at radius 3 is 2.88 bits per heavy atom. The maximum atomic E-state index is 6.05. The van der Waals surface area contributed by atoms with E-state index in [4.69, 9.17) is 17.3 Å². The maximum Gasteiger partial charge on any atom is 0.0409 e. The van der Waals surface area contributed by atoms with Crippen molar-refractivity contribution in [2.45, 2.75) is 32.4 Å². The van der Waals surface area contributed by atoms with Gasteiger partial charge in [0.1, 0.15) is 0 Å². The first-order chi connectivity index (χ1) is 8.11. The fourth-order valence-corrected chi connectivity index (χ4v) is 3.04. The van der Waals surface area contributed by atoms with E-state index in [-0.39, 0.29) is 0 Å². The lowest BCUT2D eigenvalue weighted by atomic mass is 10.1. The molecule has 3 atom stereocenters. The molecule has 1 aromatic carbocycles. The number of halogens is 1. The van der Waals surface area contributed by atoms with E-state index in [1.165, 1.54) is 12.0 Å². The number of nitrogens with zero attached hydrogens (tertiary/aromatic N) is 1. The average molecular weight is 253 g/mol. The number of hydrogen-bond acceptors (Lipinski definition) is 2. The van der Waals surface area contributed by atoms with Crippen molar-refractivity contribution < 1.29 is 0 Å². The smallest absolute Gasteiger partial charge is 0.0409 e. The highest BCUT2D eigenvalue weighted by molar-refractivity contribution is 6.30. The molecule has 1 saturated heterocycles. The Labute approximate surface area is 109 Å². The fourth-order valence-electron chi connectivity index (χ4n) is 2.84. The van der Waals surface area contributed by atoms with Crippen molar-refractivity contribution in [2.75, 3.05) is 13.1 Å². The first-order valence-electron chi connectivity index (χ1n) is 6.33. The van der Waals surface area contributed by atoms with Gasteiger partial charge in [-0.15, -0.1) is 0 Å². The van der Waals surface area contributed by atoms with Crippen LogP contribution in [0.1, 0.15) is 31.9 Å². The lowest BCUT2D eigenvalue weighted by Gasteiger charge is -2.29. The van der Waals surface area contributed by atoms with Gasteiger partial charge in [-0.3, -0.25) is 4.90 Å². The normalized spacial score (nSPS) is 27.3. The minimum Gasteiger partial charge on any atom is -0.330 e. The molecule has 2 N–H and O–H groups in total. The molecule has 2 rings (SSSR count). The Morgan fingerprint density at radius 1 is 1.53 bits per heavy atom. The van der Waals surface area contributed by atoms with Crippen LogP contribution in [0, 0.1) is 5.92 Å². The van der Waals surface area contributed by atoms with Crippen LogP contribution in [-0.4, -0.2) is 24.0 Å². The minimum atomic E-state index is 0.417. The molecule has 17 heavy (non-hydrogen) atoms. The second-order valence-corrected chi connectivity index (χ2v) is 5.55. The summed E-state index contributed by atoms with van der Waals surface area (Å²) in [7, 11) is 0. The standard InChI is InChI=1S/C14H21ClN2/c1-10-6-12(8-16)9-17(10)11(2)13-4-3-5-14(15)7-13/h3-5,7,10-12H,6,8-9,16H2,1-2H3. The topological polar surface area (TPSA) is 29.3 Å². The molecule has 0 bridgehead atoms. The van der Waals surface area contributed by atoms with Gasteiger partial charge in [-0.1, -0.05) is 23.7 Å². The Bertz CT molecular complexity index is 380. The SMILES string of the molecule is CC1CC(CN)CN1C(C)c1cccc(Cl)c1. The van der Waals surface area contributed by atoms with Gasteiger partial charge in [-0.2, -0.15) is 0 Å². The molecule has 1 aromatic rings. The number of nitrogens with two attached hydrogens (primary N) is 1. The van der Waals surface area contributed by atoms with E-state index in [1.807, 2.05) is 12.1 Å². The minimum absolute atomic E-state index is 0.417. The van der Waals surface area contributed by atoms with Gasteiger partial charge in [0, 0.05) is 23.7 Å². The zero-order valence-corrected chi connectivity index (χ0v) is 11.3. The van der Waals surface area contributed by atoms with Gasteiger partial charge in [0.05, 0.1) is 0 Å². The first kappa shape index (κ1) is 12.9. The zero-order valence-electron chi connectivity index (χ0n) is 10.6. The maximum absolute atomic E-state index is 6.05. The van der Waals surface area contributed by atoms with Crippen LogP contribution in [0.5, 0.6) is 0 Å². The molecule has 1 aliphatic rings. The molecule has 0 spiro atoms. The molecule has 0 aliphatic carbocycles. The number of likely N-dealkylation sites (tertiary alicyclic amines) is 1. The summed E-state index contributed by atoms with van der Waals surface area (Å²) in [6.07, 6.45) is 1.21. The molecule has 1 fully saturated rings. The van der Waals surface area contributed by atoms with Crippen molar-refractivity contribution in [1.82, 2.24) is 4.90 Å². The second kappa shape index (κ2) is 5.38. The van der Waals surface area contributed by atoms with E-state index in [9.17, 15) is 0 Å². The highest BCUT2D eigenvalue weighted by Crippen LogP contribution is 2.32. The molecule has 0 saturated carbocycles. The first-order valence-corrected chi connectivity index (χ1v) is 6.71. The van der Waals surface area contributed by atoms with Gasteiger partial charge in [-0.25, -0.2) is 0 Å². The molecule has 0 radical (unpaired) electrons. The van der Waals surface area contributed by atoms with Crippen molar-refractivity contribution in [3.05, 3.63) is 34.9 Å². The predicted octanol–water partition coefficient (Wildman–Crippen LogP) is 3.07. The van der Waals surface area contributed by atoms with E-state index in [0.29, 0.717) is 18.0 Å². The summed E-state index contributed by atoms with van der Waals surface area (Å²) in [5, 5.41) is 0.816. The second-order valence-electron chi connectivity index (χ2n) is 5.11. The van der Waals surface area contributed by atoms with E-state index >= 15 is 0 Å². The molecular weight excluding hydrogens is 232 g/mol. The van der Waals surface area contributed by atoms with Crippen LogP contribution in [0.15, 0.2) is 24.3 Å². The molecular formula is C14H21ClN2. The van der Waals surface area contributed by atoms with Crippen molar-refractivity contribution in [1.29, 1.82) is 0 Å². The monoisotopic (exact) mass is 252 g/mol. The lowest BCUT2D eigenvalue weighted by molar-refractivity contribution is 0.200.